The maximum Gasteiger partial charge on any atom is 0.0415 e. The van der Waals surface area contributed by atoms with Crippen LogP contribution in [-0.4, -0.2) is 0 Å². The van der Waals surface area contributed by atoms with E-state index in [0.29, 0.717) is 5.92 Å². The molecule has 0 saturated carbocycles. The number of rotatable bonds is 0. The van der Waals surface area contributed by atoms with Crippen molar-refractivity contribution in [2.45, 2.75) is 19.3 Å². The smallest absolute Gasteiger partial charge is 0.0415 e. The van der Waals surface area contributed by atoms with Gasteiger partial charge in [0.2, 0.25) is 0 Å². The summed E-state index contributed by atoms with van der Waals surface area (Å²) < 4.78 is 0. The van der Waals surface area contributed by atoms with Crippen molar-refractivity contribution < 1.29 is 0 Å². The third kappa shape index (κ3) is 1.24. The Morgan fingerprint density at radius 1 is 0.900 bits per heavy atom. The highest BCUT2D eigenvalue weighted by atomic mass is 14.6. The Morgan fingerprint density at radius 3 is 2.25 bits per heavy atom. The molecule has 3 heteroatoms. The zero-order valence-electron chi connectivity index (χ0n) is 11.4. The van der Waals surface area contributed by atoms with Gasteiger partial charge in [0.1, 0.15) is 0 Å². The van der Waals surface area contributed by atoms with E-state index in [-0.39, 0.29) is 0 Å². The van der Waals surface area contributed by atoms with Crippen molar-refractivity contribution in [3.63, 3.8) is 0 Å². The van der Waals surface area contributed by atoms with Crippen molar-refractivity contribution in [1.29, 1.82) is 0 Å². The standard InChI is InChI=1S/C17H17N3/c1-8-6-13(18)10-4-5-12-15(20)7-14(19)11-3-2-9(8)16(10)17(11)12/h2-5,7-8H,6,18-20H2,1H3. The van der Waals surface area contributed by atoms with Crippen molar-refractivity contribution >= 4 is 38.6 Å². The molecule has 4 rings (SSSR count). The van der Waals surface area contributed by atoms with Crippen LogP contribution in [0.25, 0.3) is 27.2 Å². The van der Waals surface area contributed by atoms with Crippen LogP contribution in [0.1, 0.15) is 24.8 Å². The number of nitrogens with two attached hydrogens (primary N) is 3. The molecule has 1 unspecified atom stereocenters. The van der Waals surface area contributed by atoms with Crippen LogP contribution < -0.4 is 22.4 Å². The molecule has 20 heavy (non-hydrogen) atoms. The fraction of sp³-hybridized carbons (Fsp3) is 0.176. The van der Waals surface area contributed by atoms with Gasteiger partial charge < -0.3 is 17.2 Å². The average molecular weight is 263 g/mol. The van der Waals surface area contributed by atoms with E-state index in [1.807, 2.05) is 6.07 Å². The van der Waals surface area contributed by atoms with Gasteiger partial charge >= 0.3 is 0 Å². The maximum atomic E-state index is 6.26. The predicted molar refractivity (Wildman–Crippen MR) is 86.1 cm³/mol. The zero-order chi connectivity index (χ0) is 14.0. The number of hydrogen-bond acceptors (Lipinski definition) is 3. The highest BCUT2D eigenvalue weighted by Gasteiger charge is 2.20. The first-order chi connectivity index (χ1) is 9.58. The summed E-state index contributed by atoms with van der Waals surface area (Å²) in [6, 6.07) is 10.3. The first-order valence-corrected chi connectivity index (χ1v) is 6.89. The van der Waals surface area contributed by atoms with Crippen LogP contribution in [0.15, 0.2) is 30.3 Å². The third-order valence-electron chi connectivity index (χ3n) is 4.53. The second-order valence-electron chi connectivity index (χ2n) is 5.80. The summed E-state index contributed by atoms with van der Waals surface area (Å²) >= 11 is 0. The lowest BCUT2D eigenvalue weighted by Crippen LogP contribution is -2.22. The van der Waals surface area contributed by atoms with Crippen molar-refractivity contribution in [3.05, 3.63) is 41.1 Å². The molecule has 0 aliphatic heterocycles. The van der Waals surface area contributed by atoms with Gasteiger partial charge in [0.25, 0.3) is 0 Å². The van der Waals surface area contributed by atoms with Gasteiger partial charge in [-0.2, -0.15) is 0 Å². The Kier molecular flexibility index (Phi) is 2.04. The molecule has 100 valence electrons. The van der Waals surface area contributed by atoms with Crippen LogP contribution in [0, 0.1) is 0 Å². The summed E-state index contributed by atoms with van der Waals surface area (Å²) in [5.41, 5.74) is 22.3. The Labute approximate surface area is 117 Å². The number of hydrogen-bond donors (Lipinski definition) is 3. The van der Waals surface area contributed by atoms with E-state index in [9.17, 15) is 0 Å². The van der Waals surface area contributed by atoms with Crippen molar-refractivity contribution in [2.75, 3.05) is 11.5 Å². The molecule has 0 heterocycles. The molecule has 0 amide bonds. The molecule has 0 saturated heterocycles. The molecular weight excluding hydrogens is 246 g/mol. The van der Waals surface area contributed by atoms with Gasteiger partial charge in [-0.05, 0) is 29.4 Å². The minimum atomic E-state index is 0.431. The average Bonchev–Trinajstić information content (AvgIpc) is 2.42. The highest BCUT2D eigenvalue weighted by Crippen LogP contribution is 2.39. The second-order valence-corrected chi connectivity index (χ2v) is 5.80. The van der Waals surface area contributed by atoms with Crippen molar-refractivity contribution in [3.8, 4) is 0 Å². The fourth-order valence-corrected chi connectivity index (χ4v) is 3.55. The van der Waals surface area contributed by atoms with E-state index < -0.39 is 0 Å². The normalized spacial score (nSPS) is 18.1. The van der Waals surface area contributed by atoms with Gasteiger partial charge in [-0.25, -0.2) is 0 Å². The predicted octanol–water partition coefficient (Wildman–Crippen LogP) is 2.45. The Balaban J connectivity index is 2.41. The first-order valence-electron chi connectivity index (χ1n) is 6.89. The van der Waals surface area contributed by atoms with E-state index in [1.165, 1.54) is 10.9 Å². The van der Waals surface area contributed by atoms with Gasteiger partial charge in [-0.15, -0.1) is 0 Å². The molecule has 0 spiro atoms. The van der Waals surface area contributed by atoms with Crippen LogP contribution >= 0.6 is 0 Å². The number of benzene rings is 3. The van der Waals surface area contributed by atoms with E-state index in [1.54, 1.807) is 0 Å². The second kappa shape index (κ2) is 3.57. The Hall–Kier alpha value is -2.42. The minimum Gasteiger partial charge on any atom is -0.402 e. The SMILES string of the molecule is CC1CC(N)=c2ccc3c(N)cc(N)c4ccc1c2c43. The molecule has 6 N–H and O–H groups in total. The number of anilines is 2. The van der Waals surface area contributed by atoms with E-state index in [2.05, 4.69) is 31.2 Å². The summed E-state index contributed by atoms with van der Waals surface area (Å²) in [7, 11) is 0. The maximum absolute atomic E-state index is 6.26. The Bertz CT molecular complexity index is 903. The minimum absolute atomic E-state index is 0.431. The van der Waals surface area contributed by atoms with Crippen LogP contribution in [-0.2, 0) is 0 Å². The van der Waals surface area contributed by atoms with Crippen LogP contribution in [0.5, 0.6) is 0 Å². The lowest BCUT2D eigenvalue weighted by molar-refractivity contribution is 0.781. The monoisotopic (exact) mass is 263 g/mol. The van der Waals surface area contributed by atoms with E-state index in [0.717, 1.165) is 44.9 Å². The molecular formula is C17H17N3. The van der Waals surface area contributed by atoms with Crippen molar-refractivity contribution in [1.82, 2.24) is 0 Å². The highest BCUT2D eigenvalue weighted by molar-refractivity contribution is 6.19. The van der Waals surface area contributed by atoms with Crippen LogP contribution in [0.4, 0.5) is 11.4 Å². The molecule has 0 radical (unpaired) electrons. The molecule has 1 atom stereocenters. The van der Waals surface area contributed by atoms with E-state index >= 15 is 0 Å². The van der Waals surface area contributed by atoms with Crippen LogP contribution in [0.3, 0.4) is 0 Å². The van der Waals surface area contributed by atoms with Crippen molar-refractivity contribution in [2.24, 2.45) is 5.73 Å². The summed E-state index contributed by atoms with van der Waals surface area (Å²) in [5.74, 6) is 0.431. The molecule has 1 aliphatic carbocycles. The van der Waals surface area contributed by atoms with Gasteiger partial charge in [-0.1, -0.05) is 31.2 Å². The Morgan fingerprint density at radius 2 is 1.55 bits per heavy atom. The summed E-state index contributed by atoms with van der Waals surface area (Å²) in [6.07, 6.45) is 0.908. The largest absolute Gasteiger partial charge is 0.402 e. The van der Waals surface area contributed by atoms with Gasteiger partial charge in [0.05, 0.1) is 0 Å². The van der Waals surface area contributed by atoms with E-state index in [4.69, 9.17) is 17.2 Å². The number of nitrogen functional groups attached to an aromatic ring is 2. The molecule has 0 bridgehead atoms. The summed E-state index contributed by atoms with van der Waals surface area (Å²) in [4.78, 5) is 0. The quantitative estimate of drug-likeness (QED) is 0.545. The van der Waals surface area contributed by atoms with Gasteiger partial charge in [0, 0.05) is 38.4 Å². The lowest BCUT2D eigenvalue weighted by Gasteiger charge is -2.23. The third-order valence-corrected chi connectivity index (χ3v) is 4.53. The molecule has 3 aromatic rings. The fourth-order valence-electron chi connectivity index (χ4n) is 3.55. The molecule has 3 nitrogen and oxygen atoms in total. The molecule has 0 aromatic heterocycles. The van der Waals surface area contributed by atoms with Gasteiger partial charge in [-0.3, -0.25) is 0 Å². The summed E-state index contributed by atoms with van der Waals surface area (Å²) in [6.45, 7) is 2.22. The van der Waals surface area contributed by atoms with Gasteiger partial charge in [0.15, 0.2) is 0 Å². The first kappa shape index (κ1) is 11.4. The molecule has 3 aromatic carbocycles. The zero-order valence-corrected chi connectivity index (χ0v) is 11.4. The lowest BCUT2D eigenvalue weighted by atomic mass is 9.83. The molecule has 1 aliphatic rings. The summed E-state index contributed by atoms with van der Waals surface area (Å²) in [5, 5.41) is 5.66. The molecule has 0 fully saturated rings. The topological polar surface area (TPSA) is 78.1 Å². The van der Waals surface area contributed by atoms with Crippen LogP contribution in [0.2, 0.25) is 0 Å².